The van der Waals surface area contributed by atoms with E-state index in [4.69, 9.17) is 9.47 Å². The summed E-state index contributed by atoms with van der Waals surface area (Å²) in [7, 11) is -2.04. The maximum Gasteiger partial charge on any atom is 0.243 e. The van der Waals surface area contributed by atoms with Crippen molar-refractivity contribution in [3.05, 3.63) is 29.8 Å². The summed E-state index contributed by atoms with van der Waals surface area (Å²) in [5.74, 6) is -0.0133. The molecule has 2 aliphatic rings. The number of ether oxygens (including phenoxy) is 2. The van der Waals surface area contributed by atoms with Gasteiger partial charge in [0.05, 0.1) is 17.0 Å². The SMILES string of the molecule is CCc1ccc(S(=O)(=O)N2CCC(=O)N(CCCOC)C3(CCOC3)C2)cc1. The summed E-state index contributed by atoms with van der Waals surface area (Å²) in [4.78, 5) is 15.0. The van der Waals surface area contributed by atoms with Crippen molar-refractivity contribution < 1.29 is 22.7 Å². The van der Waals surface area contributed by atoms with Gasteiger partial charge in [0.2, 0.25) is 15.9 Å². The fourth-order valence-corrected chi connectivity index (χ4v) is 5.55. The molecule has 7 nitrogen and oxygen atoms in total. The van der Waals surface area contributed by atoms with Crippen molar-refractivity contribution in [2.75, 3.05) is 46.6 Å². The van der Waals surface area contributed by atoms with Crippen molar-refractivity contribution in [1.29, 1.82) is 0 Å². The summed E-state index contributed by atoms with van der Waals surface area (Å²) in [5.41, 5.74) is 0.493. The highest BCUT2D eigenvalue weighted by Gasteiger charge is 2.48. The van der Waals surface area contributed by atoms with Gasteiger partial charge in [-0.3, -0.25) is 4.79 Å². The minimum Gasteiger partial charge on any atom is -0.385 e. The molecule has 1 amide bonds. The van der Waals surface area contributed by atoms with Crippen LogP contribution < -0.4 is 0 Å². The van der Waals surface area contributed by atoms with Crippen molar-refractivity contribution in [3.8, 4) is 0 Å². The van der Waals surface area contributed by atoms with Crippen LogP contribution in [0.15, 0.2) is 29.2 Å². The molecule has 3 rings (SSSR count). The minimum atomic E-state index is -3.67. The molecular weight excluding hydrogens is 380 g/mol. The van der Waals surface area contributed by atoms with Crippen LogP contribution in [0.25, 0.3) is 0 Å². The van der Waals surface area contributed by atoms with Crippen molar-refractivity contribution in [2.24, 2.45) is 0 Å². The molecule has 0 saturated carbocycles. The summed E-state index contributed by atoms with van der Waals surface area (Å²) in [6.45, 7) is 4.51. The molecule has 2 saturated heterocycles. The number of methoxy groups -OCH3 is 1. The van der Waals surface area contributed by atoms with E-state index < -0.39 is 15.6 Å². The zero-order chi connectivity index (χ0) is 20.2. The molecule has 1 spiro atoms. The second-order valence-electron chi connectivity index (χ2n) is 7.50. The molecule has 0 N–H and O–H groups in total. The first-order valence-corrected chi connectivity index (χ1v) is 11.3. The van der Waals surface area contributed by atoms with Gasteiger partial charge in [0.15, 0.2) is 0 Å². The van der Waals surface area contributed by atoms with Gasteiger partial charge in [0, 0.05) is 46.4 Å². The maximum atomic E-state index is 13.3. The van der Waals surface area contributed by atoms with Crippen molar-refractivity contribution in [1.82, 2.24) is 9.21 Å². The predicted molar refractivity (Wildman–Crippen MR) is 106 cm³/mol. The Balaban J connectivity index is 1.87. The minimum absolute atomic E-state index is 0.0133. The number of carbonyl (C=O) groups is 1. The summed E-state index contributed by atoms with van der Waals surface area (Å²) in [6.07, 6.45) is 2.40. The highest BCUT2D eigenvalue weighted by molar-refractivity contribution is 7.89. The first-order valence-electron chi connectivity index (χ1n) is 9.89. The lowest BCUT2D eigenvalue weighted by molar-refractivity contribution is -0.136. The third kappa shape index (κ3) is 4.25. The molecule has 0 bridgehead atoms. The number of aryl methyl sites for hydroxylation is 1. The third-order valence-electron chi connectivity index (χ3n) is 5.70. The Labute approximate surface area is 167 Å². The van der Waals surface area contributed by atoms with Crippen molar-refractivity contribution in [2.45, 2.75) is 43.0 Å². The van der Waals surface area contributed by atoms with Gasteiger partial charge in [-0.1, -0.05) is 19.1 Å². The van der Waals surface area contributed by atoms with Gasteiger partial charge in [-0.15, -0.1) is 0 Å². The molecule has 2 aliphatic heterocycles. The second-order valence-corrected chi connectivity index (χ2v) is 9.44. The normalized spacial score (nSPS) is 24.1. The molecule has 2 heterocycles. The van der Waals surface area contributed by atoms with E-state index in [1.54, 1.807) is 19.2 Å². The van der Waals surface area contributed by atoms with Crippen LogP contribution in [0, 0.1) is 0 Å². The average molecular weight is 411 g/mol. The number of sulfonamides is 1. The highest BCUT2D eigenvalue weighted by atomic mass is 32.2. The van der Waals surface area contributed by atoms with Crippen LogP contribution in [0.3, 0.4) is 0 Å². The van der Waals surface area contributed by atoms with E-state index in [-0.39, 0.29) is 30.3 Å². The van der Waals surface area contributed by atoms with E-state index in [0.29, 0.717) is 32.8 Å². The van der Waals surface area contributed by atoms with Gasteiger partial charge in [-0.05, 0) is 37.0 Å². The van der Waals surface area contributed by atoms with Crippen LogP contribution in [-0.4, -0.2) is 75.6 Å². The average Bonchev–Trinajstić information content (AvgIpc) is 3.12. The molecule has 1 aromatic carbocycles. The number of hydrogen-bond acceptors (Lipinski definition) is 5. The van der Waals surface area contributed by atoms with Crippen LogP contribution in [0.5, 0.6) is 0 Å². The summed E-state index contributed by atoms with van der Waals surface area (Å²) in [6, 6.07) is 7.02. The van der Waals surface area contributed by atoms with Crippen molar-refractivity contribution in [3.63, 3.8) is 0 Å². The topological polar surface area (TPSA) is 76.2 Å². The highest BCUT2D eigenvalue weighted by Crippen LogP contribution is 2.33. The number of hydrogen-bond donors (Lipinski definition) is 0. The Bertz CT molecular complexity index is 772. The Hall–Kier alpha value is -1.48. The van der Waals surface area contributed by atoms with Crippen LogP contribution in [0.4, 0.5) is 0 Å². The molecule has 2 fully saturated rings. The lowest BCUT2D eigenvalue weighted by Gasteiger charge is -2.40. The molecule has 0 aromatic heterocycles. The summed E-state index contributed by atoms with van der Waals surface area (Å²) in [5, 5.41) is 0. The molecule has 28 heavy (non-hydrogen) atoms. The van der Waals surface area contributed by atoms with E-state index in [0.717, 1.165) is 18.4 Å². The standard InChI is InChI=1S/C20H30N2O5S/c1-3-17-5-7-18(8-6-17)28(24,25)21-12-9-19(23)22(11-4-13-26-2)20(15-21)10-14-27-16-20/h5-8H,3-4,9-16H2,1-2H3. The molecule has 0 radical (unpaired) electrons. The molecule has 8 heteroatoms. The summed E-state index contributed by atoms with van der Waals surface area (Å²) < 4.78 is 38.8. The first kappa shape index (κ1) is 21.2. The second kappa shape index (κ2) is 8.90. The lowest BCUT2D eigenvalue weighted by Crippen LogP contribution is -2.57. The number of rotatable bonds is 7. The Morgan fingerprint density at radius 3 is 2.61 bits per heavy atom. The number of carbonyl (C=O) groups excluding carboxylic acids is 1. The molecule has 1 atom stereocenters. The van der Waals surface area contributed by atoms with Crippen LogP contribution in [0.2, 0.25) is 0 Å². The van der Waals surface area contributed by atoms with Gasteiger partial charge < -0.3 is 14.4 Å². The first-order chi connectivity index (χ1) is 13.4. The number of benzene rings is 1. The maximum absolute atomic E-state index is 13.3. The van der Waals surface area contributed by atoms with Gasteiger partial charge in [-0.2, -0.15) is 4.31 Å². The molecule has 156 valence electrons. The predicted octanol–water partition coefficient (Wildman–Crippen LogP) is 1.67. The smallest absolute Gasteiger partial charge is 0.243 e. The van der Waals surface area contributed by atoms with E-state index >= 15 is 0 Å². The van der Waals surface area contributed by atoms with E-state index in [9.17, 15) is 13.2 Å². The zero-order valence-electron chi connectivity index (χ0n) is 16.7. The molecular formula is C20H30N2O5S. The molecule has 1 aromatic rings. The van der Waals surface area contributed by atoms with E-state index in [1.165, 1.54) is 4.31 Å². The Morgan fingerprint density at radius 1 is 1.25 bits per heavy atom. The van der Waals surface area contributed by atoms with Gasteiger partial charge in [-0.25, -0.2) is 8.42 Å². The fraction of sp³-hybridized carbons (Fsp3) is 0.650. The quantitative estimate of drug-likeness (QED) is 0.639. The Kier molecular flexibility index (Phi) is 6.75. The van der Waals surface area contributed by atoms with E-state index in [2.05, 4.69) is 0 Å². The van der Waals surface area contributed by atoms with Crippen LogP contribution in [-0.2, 0) is 30.7 Å². The number of nitrogens with zero attached hydrogens (tertiary/aromatic N) is 2. The monoisotopic (exact) mass is 410 g/mol. The largest absolute Gasteiger partial charge is 0.385 e. The number of amides is 1. The lowest BCUT2D eigenvalue weighted by atomic mass is 9.96. The van der Waals surface area contributed by atoms with E-state index in [1.807, 2.05) is 24.0 Å². The van der Waals surface area contributed by atoms with Gasteiger partial charge in [0.1, 0.15) is 0 Å². The fourth-order valence-electron chi connectivity index (χ4n) is 4.03. The van der Waals surface area contributed by atoms with Crippen molar-refractivity contribution >= 4 is 15.9 Å². The molecule has 1 unspecified atom stereocenters. The Morgan fingerprint density at radius 2 is 2.00 bits per heavy atom. The van der Waals surface area contributed by atoms with Crippen LogP contribution in [0.1, 0.15) is 31.7 Å². The summed E-state index contributed by atoms with van der Waals surface area (Å²) >= 11 is 0. The zero-order valence-corrected chi connectivity index (χ0v) is 17.5. The molecule has 0 aliphatic carbocycles. The third-order valence-corrected chi connectivity index (χ3v) is 7.56. The van der Waals surface area contributed by atoms with Crippen LogP contribution >= 0.6 is 0 Å². The van der Waals surface area contributed by atoms with Gasteiger partial charge in [0.25, 0.3) is 0 Å². The van der Waals surface area contributed by atoms with Gasteiger partial charge >= 0.3 is 0 Å².